The zero-order valence-electron chi connectivity index (χ0n) is 6.42. The third-order valence-corrected chi connectivity index (χ3v) is 1.39. The number of aliphatic hydroxyl groups excluding tert-OH is 4. The Hall–Kier alpha value is -0.530. The lowest BCUT2D eigenvalue weighted by Gasteiger charge is -2.16. The maximum atomic E-state index is 10.8. The molecule has 0 spiro atoms. The lowest BCUT2D eigenvalue weighted by molar-refractivity contribution is -0.142. The molecular weight excluding hydrogens is 166 g/mol. The van der Waals surface area contributed by atoms with Gasteiger partial charge in [-0.25, -0.2) is 0 Å². The van der Waals surface area contributed by atoms with E-state index in [9.17, 15) is 4.79 Å². The van der Waals surface area contributed by atoms with E-state index in [-0.39, 0.29) is 6.54 Å². The van der Waals surface area contributed by atoms with Crippen molar-refractivity contribution in [3.8, 4) is 0 Å². The summed E-state index contributed by atoms with van der Waals surface area (Å²) in [4.78, 5) is 10.8. The standard InChI is InChI=1S/C6H13NO5/c7-1-3(9)5(11)6(12)4(10)2-8/h3-4,6,8-10,12H,1-2,7H2/t3-,4+,6+/m0/s1. The van der Waals surface area contributed by atoms with E-state index in [1.165, 1.54) is 0 Å². The fraction of sp³-hybridized carbons (Fsp3) is 0.833. The summed E-state index contributed by atoms with van der Waals surface area (Å²) in [5.41, 5.74) is 4.93. The van der Waals surface area contributed by atoms with Crippen LogP contribution in [0.5, 0.6) is 0 Å². The van der Waals surface area contributed by atoms with Crippen LogP contribution in [0.15, 0.2) is 0 Å². The summed E-state index contributed by atoms with van der Waals surface area (Å²) in [6, 6.07) is 0. The lowest BCUT2D eigenvalue weighted by Crippen LogP contribution is -2.44. The summed E-state index contributed by atoms with van der Waals surface area (Å²) >= 11 is 0. The monoisotopic (exact) mass is 179 g/mol. The molecule has 0 fully saturated rings. The van der Waals surface area contributed by atoms with Crippen LogP contribution in [0.4, 0.5) is 0 Å². The predicted molar refractivity (Wildman–Crippen MR) is 39.2 cm³/mol. The first-order valence-corrected chi connectivity index (χ1v) is 3.43. The topological polar surface area (TPSA) is 124 Å². The van der Waals surface area contributed by atoms with E-state index >= 15 is 0 Å². The molecule has 0 aromatic rings. The van der Waals surface area contributed by atoms with Gasteiger partial charge in [-0.2, -0.15) is 0 Å². The summed E-state index contributed by atoms with van der Waals surface area (Å²) < 4.78 is 0. The normalized spacial score (nSPS) is 18.4. The molecule has 0 rings (SSSR count). The van der Waals surface area contributed by atoms with E-state index in [0.29, 0.717) is 0 Å². The zero-order valence-corrected chi connectivity index (χ0v) is 6.42. The molecule has 0 aromatic heterocycles. The number of carbonyl (C=O) groups excluding carboxylic acids is 1. The molecule has 0 saturated heterocycles. The Morgan fingerprint density at radius 2 is 1.83 bits per heavy atom. The average molecular weight is 179 g/mol. The minimum atomic E-state index is -1.78. The first-order valence-electron chi connectivity index (χ1n) is 3.43. The van der Waals surface area contributed by atoms with Gasteiger partial charge in [0.05, 0.1) is 6.61 Å². The van der Waals surface area contributed by atoms with Crippen LogP contribution in [-0.2, 0) is 4.79 Å². The minimum Gasteiger partial charge on any atom is -0.394 e. The van der Waals surface area contributed by atoms with Gasteiger partial charge in [-0.3, -0.25) is 4.79 Å². The van der Waals surface area contributed by atoms with Crippen LogP contribution in [-0.4, -0.2) is 57.7 Å². The van der Waals surface area contributed by atoms with Crippen molar-refractivity contribution in [3.05, 3.63) is 0 Å². The highest BCUT2D eigenvalue weighted by molar-refractivity contribution is 5.87. The van der Waals surface area contributed by atoms with Gasteiger partial charge in [-0.1, -0.05) is 0 Å². The fourth-order valence-electron chi connectivity index (χ4n) is 0.603. The fourth-order valence-corrected chi connectivity index (χ4v) is 0.603. The number of Topliss-reactive ketones (excluding diaryl/α,β-unsaturated/α-hetero) is 1. The summed E-state index contributed by atoms with van der Waals surface area (Å²) in [5, 5.41) is 34.8. The van der Waals surface area contributed by atoms with Crippen LogP contribution in [0.25, 0.3) is 0 Å². The van der Waals surface area contributed by atoms with Crippen molar-refractivity contribution in [2.24, 2.45) is 5.73 Å². The highest BCUT2D eigenvalue weighted by Crippen LogP contribution is 1.97. The van der Waals surface area contributed by atoms with Crippen LogP contribution < -0.4 is 5.73 Å². The highest BCUT2D eigenvalue weighted by Gasteiger charge is 2.27. The predicted octanol–water partition coefficient (Wildman–Crippen LogP) is -3.41. The van der Waals surface area contributed by atoms with E-state index in [1.807, 2.05) is 0 Å². The van der Waals surface area contributed by atoms with Crippen molar-refractivity contribution in [2.75, 3.05) is 13.2 Å². The molecule has 6 heteroatoms. The van der Waals surface area contributed by atoms with Gasteiger partial charge in [0.1, 0.15) is 18.3 Å². The van der Waals surface area contributed by atoms with E-state index in [0.717, 1.165) is 0 Å². The Morgan fingerprint density at radius 3 is 2.17 bits per heavy atom. The molecule has 72 valence electrons. The van der Waals surface area contributed by atoms with Gasteiger partial charge in [0.25, 0.3) is 0 Å². The summed E-state index contributed by atoms with van der Waals surface area (Å²) in [7, 11) is 0. The number of carbonyl (C=O) groups is 1. The number of hydrogen-bond acceptors (Lipinski definition) is 6. The van der Waals surface area contributed by atoms with Gasteiger partial charge in [0.15, 0.2) is 5.78 Å². The molecule has 0 aliphatic carbocycles. The first-order chi connectivity index (χ1) is 5.54. The van der Waals surface area contributed by atoms with Crippen molar-refractivity contribution in [2.45, 2.75) is 18.3 Å². The van der Waals surface area contributed by atoms with Crippen LogP contribution >= 0.6 is 0 Å². The molecular formula is C6H13NO5. The Balaban J connectivity index is 4.09. The smallest absolute Gasteiger partial charge is 0.193 e. The second-order valence-electron chi connectivity index (χ2n) is 2.35. The van der Waals surface area contributed by atoms with Gasteiger partial charge in [0, 0.05) is 6.54 Å². The Bertz CT molecular complexity index is 151. The van der Waals surface area contributed by atoms with Crippen LogP contribution in [0.2, 0.25) is 0 Å². The molecule has 3 atom stereocenters. The number of rotatable bonds is 5. The third-order valence-electron chi connectivity index (χ3n) is 1.39. The van der Waals surface area contributed by atoms with Gasteiger partial charge in [0.2, 0.25) is 0 Å². The molecule has 0 aliphatic heterocycles. The SMILES string of the molecule is NC[C@H](O)C(=O)[C@H](O)[C@H](O)CO. The van der Waals surface area contributed by atoms with Crippen LogP contribution in [0.3, 0.4) is 0 Å². The lowest BCUT2D eigenvalue weighted by atomic mass is 10.1. The van der Waals surface area contributed by atoms with Gasteiger partial charge in [-0.05, 0) is 0 Å². The number of aliphatic hydroxyl groups is 4. The largest absolute Gasteiger partial charge is 0.394 e. The molecule has 0 aliphatic rings. The number of hydrogen-bond donors (Lipinski definition) is 5. The molecule has 0 aromatic carbocycles. The summed E-state index contributed by atoms with van der Waals surface area (Å²) in [5.74, 6) is -0.987. The maximum Gasteiger partial charge on any atom is 0.193 e. The first kappa shape index (κ1) is 11.5. The third kappa shape index (κ3) is 2.84. The second kappa shape index (κ2) is 5.18. The summed E-state index contributed by atoms with van der Waals surface area (Å²) in [6.45, 7) is -1.07. The Labute approximate surface area is 69.2 Å². The van der Waals surface area contributed by atoms with Crippen molar-refractivity contribution < 1.29 is 25.2 Å². The molecule has 0 saturated carbocycles. The van der Waals surface area contributed by atoms with Crippen molar-refractivity contribution in [3.63, 3.8) is 0 Å². The van der Waals surface area contributed by atoms with Crippen LogP contribution in [0, 0.1) is 0 Å². The van der Waals surface area contributed by atoms with Gasteiger partial charge in [-0.15, -0.1) is 0 Å². The van der Waals surface area contributed by atoms with Crippen LogP contribution in [0.1, 0.15) is 0 Å². The molecule has 6 nitrogen and oxygen atoms in total. The Morgan fingerprint density at radius 1 is 1.33 bits per heavy atom. The number of ketones is 1. The maximum absolute atomic E-state index is 10.8. The summed E-state index contributed by atoms with van der Waals surface area (Å²) in [6.07, 6.45) is -4.85. The molecule has 0 heterocycles. The Kier molecular flexibility index (Phi) is 4.95. The second-order valence-corrected chi connectivity index (χ2v) is 2.35. The van der Waals surface area contributed by atoms with Gasteiger partial charge < -0.3 is 26.2 Å². The van der Waals surface area contributed by atoms with E-state index in [2.05, 4.69) is 0 Å². The molecule has 12 heavy (non-hydrogen) atoms. The van der Waals surface area contributed by atoms with Gasteiger partial charge >= 0.3 is 0 Å². The van der Waals surface area contributed by atoms with E-state index < -0.39 is 30.7 Å². The van der Waals surface area contributed by atoms with E-state index in [1.54, 1.807) is 0 Å². The minimum absolute atomic E-state index is 0.325. The number of nitrogens with two attached hydrogens (primary N) is 1. The van der Waals surface area contributed by atoms with Crippen molar-refractivity contribution >= 4 is 5.78 Å². The zero-order chi connectivity index (χ0) is 9.72. The van der Waals surface area contributed by atoms with E-state index in [4.69, 9.17) is 26.2 Å². The average Bonchev–Trinajstić information content (AvgIpc) is 2.12. The molecule has 0 unspecified atom stereocenters. The molecule has 0 bridgehead atoms. The van der Waals surface area contributed by atoms with Crippen molar-refractivity contribution in [1.29, 1.82) is 0 Å². The van der Waals surface area contributed by atoms with Crippen molar-refractivity contribution in [1.82, 2.24) is 0 Å². The highest BCUT2D eigenvalue weighted by atomic mass is 16.4. The quantitative estimate of drug-likeness (QED) is 0.299. The molecule has 0 amide bonds. The molecule has 0 radical (unpaired) electrons. The molecule has 6 N–H and O–H groups in total.